The van der Waals surface area contributed by atoms with Crippen LogP contribution in [0.5, 0.6) is 5.75 Å². The Bertz CT molecular complexity index is 527. The van der Waals surface area contributed by atoms with E-state index in [0.717, 1.165) is 16.2 Å². The average Bonchev–Trinajstić information content (AvgIpc) is 2.76. The molecule has 5 heteroatoms. The van der Waals surface area contributed by atoms with E-state index >= 15 is 0 Å². The van der Waals surface area contributed by atoms with Crippen LogP contribution in [0.4, 0.5) is 0 Å². The summed E-state index contributed by atoms with van der Waals surface area (Å²) in [5.41, 5.74) is 7.04. The zero-order chi connectivity index (χ0) is 12.4. The van der Waals surface area contributed by atoms with Crippen molar-refractivity contribution in [3.8, 4) is 5.75 Å². The molecule has 0 radical (unpaired) electrons. The summed E-state index contributed by atoms with van der Waals surface area (Å²) >= 11 is 13.5. The smallest absolute Gasteiger partial charge is 0.134 e. The molecule has 2 aromatic rings. The van der Waals surface area contributed by atoms with Crippen LogP contribution < -0.4 is 10.5 Å². The molecule has 1 heterocycles. The van der Waals surface area contributed by atoms with Crippen LogP contribution in [0.1, 0.15) is 16.5 Å². The summed E-state index contributed by atoms with van der Waals surface area (Å²) in [6, 6.07) is 6.91. The molecule has 0 aliphatic carbocycles. The third-order valence-electron chi connectivity index (χ3n) is 2.46. The fourth-order valence-corrected chi connectivity index (χ4v) is 3.00. The summed E-state index contributed by atoms with van der Waals surface area (Å²) in [6.07, 6.45) is 0. The predicted octanol–water partition coefficient (Wildman–Crippen LogP) is 4.11. The lowest BCUT2D eigenvalue weighted by atomic mass is 10.1. The van der Waals surface area contributed by atoms with E-state index in [9.17, 15) is 0 Å². The summed E-state index contributed by atoms with van der Waals surface area (Å²) in [6.45, 7) is 0. The Balaban J connectivity index is 2.40. The minimum Gasteiger partial charge on any atom is -0.496 e. The van der Waals surface area contributed by atoms with Gasteiger partial charge in [-0.15, -0.1) is 11.3 Å². The van der Waals surface area contributed by atoms with E-state index < -0.39 is 0 Å². The molecule has 1 atom stereocenters. The molecule has 90 valence electrons. The van der Waals surface area contributed by atoms with Gasteiger partial charge in [0.25, 0.3) is 0 Å². The highest BCUT2D eigenvalue weighted by molar-refractivity contribution is 7.10. The van der Waals surface area contributed by atoms with Crippen LogP contribution in [0.2, 0.25) is 10.0 Å². The Morgan fingerprint density at radius 1 is 1.29 bits per heavy atom. The fourth-order valence-electron chi connectivity index (χ4n) is 1.60. The van der Waals surface area contributed by atoms with Crippen LogP contribution in [0.3, 0.4) is 0 Å². The molecule has 0 bridgehead atoms. The van der Waals surface area contributed by atoms with Gasteiger partial charge in [0.2, 0.25) is 0 Å². The molecule has 2 rings (SSSR count). The zero-order valence-corrected chi connectivity index (χ0v) is 11.4. The summed E-state index contributed by atoms with van der Waals surface area (Å²) in [5, 5.41) is 3.11. The Labute approximate surface area is 114 Å². The first kappa shape index (κ1) is 12.7. The Morgan fingerprint density at radius 3 is 2.71 bits per heavy atom. The quantitative estimate of drug-likeness (QED) is 0.922. The summed E-state index contributed by atoms with van der Waals surface area (Å²) in [5.74, 6) is 0.786. The third kappa shape index (κ3) is 2.58. The van der Waals surface area contributed by atoms with Gasteiger partial charge >= 0.3 is 0 Å². The molecule has 1 aromatic heterocycles. The average molecular weight is 288 g/mol. The van der Waals surface area contributed by atoms with E-state index in [4.69, 9.17) is 33.7 Å². The Kier molecular flexibility index (Phi) is 3.94. The van der Waals surface area contributed by atoms with E-state index in [1.807, 2.05) is 17.5 Å². The molecule has 0 aliphatic heterocycles. The van der Waals surface area contributed by atoms with Crippen molar-refractivity contribution in [2.75, 3.05) is 7.11 Å². The van der Waals surface area contributed by atoms with Crippen LogP contribution in [0, 0.1) is 0 Å². The Hall–Kier alpha value is -0.740. The number of benzene rings is 1. The molecule has 0 saturated heterocycles. The van der Waals surface area contributed by atoms with E-state index in [1.165, 1.54) is 0 Å². The van der Waals surface area contributed by atoms with Crippen molar-refractivity contribution in [2.45, 2.75) is 6.04 Å². The van der Waals surface area contributed by atoms with Gasteiger partial charge in [-0.2, -0.15) is 0 Å². The standard InChI is InChI=1S/C12H11Cl2NOS/c1-16-10-4-5-17-12(10)11(15)8-3-2-7(13)6-9(8)14/h2-6,11H,15H2,1H3. The maximum atomic E-state index is 6.19. The SMILES string of the molecule is COc1ccsc1C(N)c1ccc(Cl)cc1Cl. The molecule has 0 aliphatic rings. The number of ether oxygens (including phenoxy) is 1. The van der Waals surface area contributed by atoms with Crippen LogP contribution in [0.25, 0.3) is 0 Å². The number of nitrogens with two attached hydrogens (primary N) is 1. The summed E-state index contributed by atoms with van der Waals surface area (Å²) < 4.78 is 5.25. The van der Waals surface area contributed by atoms with Crippen molar-refractivity contribution in [3.05, 3.63) is 50.1 Å². The van der Waals surface area contributed by atoms with Gasteiger partial charge in [-0.3, -0.25) is 0 Å². The molecule has 2 nitrogen and oxygen atoms in total. The van der Waals surface area contributed by atoms with Gasteiger partial charge in [-0.1, -0.05) is 29.3 Å². The molecule has 0 spiro atoms. The second-order valence-corrected chi connectivity index (χ2v) is 5.29. The first-order valence-corrected chi connectivity index (χ1v) is 6.59. The molecule has 17 heavy (non-hydrogen) atoms. The van der Waals surface area contributed by atoms with Crippen molar-refractivity contribution in [1.29, 1.82) is 0 Å². The minimum atomic E-state index is -0.297. The summed E-state index contributed by atoms with van der Waals surface area (Å²) in [4.78, 5) is 0.955. The Morgan fingerprint density at radius 2 is 2.06 bits per heavy atom. The van der Waals surface area contributed by atoms with E-state index in [2.05, 4.69) is 0 Å². The molecule has 1 aromatic carbocycles. The van der Waals surface area contributed by atoms with Crippen molar-refractivity contribution in [2.24, 2.45) is 5.73 Å². The number of hydrogen-bond acceptors (Lipinski definition) is 3. The van der Waals surface area contributed by atoms with Crippen molar-refractivity contribution < 1.29 is 4.74 Å². The molecule has 0 fully saturated rings. The molecular weight excluding hydrogens is 277 g/mol. The van der Waals surface area contributed by atoms with Crippen LogP contribution in [-0.2, 0) is 0 Å². The second kappa shape index (κ2) is 5.27. The second-order valence-electron chi connectivity index (χ2n) is 3.50. The maximum Gasteiger partial charge on any atom is 0.134 e. The van der Waals surface area contributed by atoms with Gasteiger partial charge in [-0.25, -0.2) is 0 Å². The number of rotatable bonds is 3. The van der Waals surface area contributed by atoms with E-state index in [1.54, 1.807) is 30.6 Å². The van der Waals surface area contributed by atoms with Gasteiger partial charge in [0.1, 0.15) is 5.75 Å². The number of thiophene rings is 1. The van der Waals surface area contributed by atoms with Crippen LogP contribution >= 0.6 is 34.5 Å². The van der Waals surface area contributed by atoms with Gasteiger partial charge in [-0.05, 0) is 29.1 Å². The van der Waals surface area contributed by atoms with Gasteiger partial charge in [0, 0.05) is 10.0 Å². The molecule has 1 unspecified atom stereocenters. The largest absolute Gasteiger partial charge is 0.496 e. The fraction of sp³-hybridized carbons (Fsp3) is 0.167. The van der Waals surface area contributed by atoms with Crippen molar-refractivity contribution in [3.63, 3.8) is 0 Å². The van der Waals surface area contributed by atoms with Gasteiger partial charge in [0.15, 0.2) is 0 Å². The molecule has 0 amide bonds. The van der Waals surface area contributed by atoms with Crippen LogP contribution in [-0.4, -0.2) is 7.11 Å². The monoisotopic (exact) mass is 287 g/mol. The third-order valence-corrected chi connectivity index (χ3v) is 4.00. The zero-order valence-electron chi connectivity index (χ0n) is 9.11. The highest BCUT2D eigenvalue weighted by Crippen LogP contribution is 2.36. The number of methoxy groups -OCH3 is 1. The van der Waals surface area contributed by atoms with Crippen LogP contribution in [0.15, 0.2) is 29.6 Å². The number of halogens is 2. The number of hydrogen-bond donors (Lipinski definition) is 1. The lowest BCUT2D eigenvalue weighted by Gasteiger charge is -2.14. The minimum absolute atomic E-state index is 0.297. The van der Waals surface area contributed by atoms with E-state index in [-0.39, 0.29) is 6.04 Å². The first-order chi connectivity index (χ1) is 8.13. The van der Waals surface area contributed by atoms with Gasteiger partial charge < -0.3 is 10.5 Å². The predicted molar refractivity (Wildman–Crippen MR) is 73.4 cm³/mol. The molecule has 2 N–H and O–H groups in total. The topological polar surface area (TPSA) is 35.2 Å². The van der Waals surface area contributed by atoms with Crippen molar-refractivity contribution >= 4 is 34.5 Å². The summed E-state index contributed by atoms with van der Waals surface area (Å²) in [7, 11) is 1.63. The first-order valence-electron chi connectivity index (χ1n) is 4.95. The molecule has 0 saturated carbocycles. The maximum absolute atomic E-state index is 6.19. The molecular formula is C12H11Cl2NOS. The normalized spacial score (nSPS) is 12.5. The van der Waals surface area contributed by atoms with Crippen molar-refractivity contribution in [1.82, 2.24) is 0 Å². The highest BCUT2D eigenvalue weighted by atomic mass is 35.5. The van der Waals surface area contributed by atoms with Gasteiger partial charge in [0.05, 0.1) is 18.0 Å². The van der Waals surface area contributed by atoms with E-state index in [0.29, 0.717) is 10.0 Å². The lowest BCUT2D eigenvalue weighted by Crippen LogP contribution is -2.11. The highest BCUT2D eigenvalue weighted by Gasteiger charge is 2.18. The lowest BCUT2D eigenvalue weighted by molar-refractivity contribution is 0.411.